The van der Waals surface area contributed by atoms with Gasteiger partial charge in [-0.05, 0) is 48.6 Å². The van der Waals surface area contributed by atoms with Crippen molar-refractivity contribution in [2.24, 2.45) is 5.73 Å². The molecule has 1 heterocycles. The minimum atomic E-state index is 0.225. The molecule has 0 aromatic heterocycles. The van der Waals surface area contributed by atoms with Crippen molar-refractivity contribution in [3.63, 3.8) is 0 Å². The van der Waals surface area contributed by atoms with Gasteiger partial charge >= 0.3 is 0 Å². The molecule has 0 saturated heterocycles. The molecule has 0 saturated carbocycles. The van der Waals surface area contributed by atoms with Crippen molar-refractivity contribution in [3.8, 4) is 0 Å². The van der Waals surface area contributed by atoms with Crippen LogP contribution < -0.4 is 10.6 Å². The fourth-order valence-electron chi connectivity index (χ4n) is 2.93. The lowest BCUT2D eigenvalue weighted by Crippen LogP contribution is -2.30. The lowest BCUT2D eigenvalue weighted by Gasteiger charge is -2.30. The lowest BCUT2D eigenvalue weighted by atomic mass is 9.99. The van der Waals surface area contributed by atoms with E-state index in [1.165, 1.54) is 22.4 Å². The van der Waals surface area contributed by atoms with E-state index >= 15 is 0 Å². The summed E-state index contributed by atoms with van der Waals surface area (Å²) >= 11 is 0. The van der Waals surface area contributed by atoms with Crippen molar-refractivity contribution < 1.29 is 0 Å². The molecule has 0 fully saturated rings. The highest BCUT2D eigenvalue weighted by atomic mass is 15.1. The summed E-state index contributed by atoms with van der Waals surface area (Å²) in [4.78, 5) is 2.46. The molecule has 0 aliphatic carbocycles. The van der Waals surface area contributed by atoms with Gasteiger partial charge in [-0.1, -0.05) is 36.4 Å². The van der Waals surface area contributed by atoms with E-state index in [0.717, 1.165) is 25.9 Å². The third-order valence-electron chi connectivity index (χ3n) is 3.99. The minimum Gasteiger partial charge on any atom is -0.367 e. The molecule has 0 radical (unpaired) electrons. The van der Waals surface area contributed by atoms with Gasteiger partial charge in [0, 0.05) is 24.8 Å². The van der Waals surface area contributed by atoms with E-state index in [-0.39, 0.29) is 6.04 Å². The van der Waals surface area contributed by atoms with Crippen LogP contribution in [0.4, 0.5) is 5.69 Å². The van der Waals surface area contributed by atoms with Crippen LogP contribution in [0.25, 0.3) is 0 Å². The summed E-state index contributed by atoms with van der Waals surface area (Å²) in [6.45, 7) is 4.17. The van der Waals surface area contributed by atoms with Crippen molar-refractivity contribution in [3.05, 3.63) is 65.2 Å². The van der Waals surface area contributed by atoms with Gasteiger partial charge in [-0.3, -0.25) is 0 Å². The van der Waals surface area contributed by atoms with E-state index in [1.807, 2.05) is 0 Å². The summed E-state index contributed by atoms with van der Waals surface area (Å²) in [6, 6.07) is 17.9. The Kier molecular flexibility index (Phi) is 3.75. The van der Waals surface area contributed by atoms with E-state index in [1.54, 1.807) is 0 Å². The molecule has 0 amide bonds. The second kappa shape index (κ2) is 5.68. The third-order valence-corrected chi connectivity index (χ3v) is 3.99. The number of anilines is 1. The van der Waals surface area contributed by atoms with Crippen molar-refractivity contribution in [1.29, 1.82) is 0 Å². The van der Waals surface area contributed by atoms with E-state index in [4.69, 9.17) is 5.73 Å². The first-order chi connectivity index (χ1) is 9.72. The third kappa shape index (κ3) is 2.86. The Balaban J connectivity index is 1.74. The summed E-state index contributed by atoms with van der Waals surface area (Å²) < 4.78 is 0. The molecule has 3 rings (SSSR count). The Bertz CT molecular complexity index is 572. The Hall–Kier alpha value is -1.80. The summed E-state index contributed by atoms with van der Waals surface area (Å²) in [5, 5.41) is 0. The Morgan fingerprint density at radius 3 is 2.45 bits per heavy atom. The van der Waals surface area contributed by atoms with E-state index in [9.17, 15) is 0 Å². The van der Waals surface area contributed by atoms with Crippen LogP contribution in [-0.4, -0.2) is 12.6 Å². The van der Waals surface area contributed by atoms with Crippen molar-refractivity contribution in [1.82, 2.24) is 0 Å². The highest BCUT2D eigenvalue weighted by molar-refractivity contribution is 5.50. The summed E-state index contributed by atoms with van der Waals surface area (Å²) in [6.07, 6.45) is 2.08. The number of benzene rings is 2. The van der Waals surface area contributed by atoms with Gasteiger partial charge in [0.05, 0.1) is 0 Å². The standard InChI is InChI=1S/C18H22N2/c1-14(19)12-15-6-8-18(9-7-15)20-11-10-16-4-2-3-5-17(16)13-20/h2-9,14H,10-13,19H2,1H3. The number of nitrogens with two attached hydrogens (primary N) is 1. The number of fused-ring (bicyclic) bond motifs is 1. The zero-order valence-corrected chi connectivity index (χ0v) is 12.0. The zero-order chi connectivity index (χ0) is 13.9. The van der Waals surface area contributed by atoms with Gasteiger partial charge in [0.2, 0.25) is 0 Å². The zero-order valence-electron chi connectivity index (χ0n) is 12.0. The maximum absolute atomic E-state index is 5.85. The molecule has 0 bridgehead atoms. The first-order valence-corrected chi connectivity index (χ1v) is 7.38. The van der Waals surface area contributed by atoms with Crippen molar-refractivity contribution in [2.45, 2.75) is 32.4 Å². The van der Waals surface area contributed by atoms with Crippen LogP contribution in [0.3, 0.4) is 0 Å². The largest absolute Gasteiger partial charge is 0.367 e. The van der Waals surface area contributed by atoms with Crippen LogP contribution >= 0.6 is 0 Å². The van der Waals surface area contributed by atoms with Crippen LogP contribution in [0.2, 0.25) is 0 Å². The van der Waals surface area contributed by atoms with Gasteiger partial charge in [-0.25, -0.2) is 0 Å². The molecule has 2 aromatic carbocycles. The predicted octanol–water partition coefficient (Wildman–Crippen LogP) is 3.14. The first kappa shape index (κ1) is 13.2. The molecule has 1 atom stereocenters. The molecule has 1 aliphatic rings. The second-order valence-electron chi connectivity index (χ2n) is 5.79. The molecular formula is C18H22N2. The SMILES string of the molecule is CC(N)Cc1ccc(N2CCc3ccccc3C2)cc1. The molecule has 2 nitrogen and oxygen atoms in total. The van der Waals surface area contributed by atoms with Gasteiger partial charge in [-0.15, -0.1) is 0 Å². The van der Waals surface area contributed by atoms with Gasteiger partial charge in [-0.2, -0.15) is 0 Å². The number of hydrogen-bond donors (Lipinski definition) is 1. The van der Waals surface area contributed by atoms with Crippen molar-refractivity contribution >= 4 is 5.69 Å². The van der Waals surface area contributed by atoms with Gasteiger partial charge in [0.15, 0.2) is 0 Å². The monoisotopic (exact) mass is 266 g/mol. The van der Waals surface area contributed by atoms with E-state index < -0.39 is 0 Å². The normalized spacial score (nSPS) is 15.8. The van der Waals surface area contributed by atoms with Gasteiger partial charge in [0.1, 0.15) is 0 Å². The number of hydrogen-bond acceptors (Lipinski definition) is 2. The van der Waals surface area contributed by atoms with Crippen LogP contribution in [0.15, 0.2) is 48.5 Å². The van der Waals surface area contributed by atoms with Gasteiger partial charge in [0.25, 0.3) is 0 Å². The minimum absolute atomic E-state index is 0.225. The Morgan fingerprint density at radius 1 is 1.05 bits per heavy atom. The molecule has 2 N–H and O–H groups in total. The maximum atomic E-state index is 5.85. The molecule has 1 unspecified atom stereocenters. The number of rotatable bonds is 3. The molecule has 104 valence electrons. The average Bonchev–Trinajstić information content (AvgIpc) is 2.47. The van der Waals surface area contributed by atoms with Crippen LogP contribution in [0.5, 0.6) is 0 Å². The first-order valence-electron chi connectivity index (χ1n) is 7.38. The lowest BCUT2D eigenvalue weighted by molar-refractivity contribution is 0.727. The van der Waals surface area contributed by atoms with Crippen LogP contribution in [-0.2, 0) is 19.4 Å². The highest BCUT2D eigenvalue weighted by Crippen LogP contribution is 2.24. The quantitative estimate of drug-likeness (QED) is 0.924. The highest BCUT2D eigenvalue weighted by Gasteiger charge is 2.15. The molecule has 2 aromatic rings. The predicted molar refractivity (Wildman–Crippen MR) is 85.0 cm³/mol. The van der Waals surface area contributed by atoms with Crippen LogP contribution in [0, 0.1) is 0 Å². The van der Waals surface area contributed by atoms with Crippen molar-refractivity contribution in [2.75, 3.05) is 11.4 Å². The van der Waals surface area contributed by atoms with E-state index in [0.29, 0.717) is 0 Å². The summed E-state index contributed by atoms with van der Waals surface area (Å²) in [5.74, 6) is 0. The Labute approximate surface area is 121 Å². The topological polar surface area (TPSA) is 29.3 Å². The molecule has 0 spiro atoms. The van der Waals surface area contributed by atoms with Crippen LogP contribution in [0.1, 0.15) is 23.6 Å². The maximum Gasteiger partial charge on any atom is 0.0432 e. The molecular weight excluding hydrogens is 244 g/mol. The number of nitrogens with zero attached hydrogens (tertiary/aromatic N) is 1. The van der Waals surface area contributed by atoms with E-state index in [2.05, 4.69) is 60.4 Å². The summed E-state index contributed by atoms with van der Waals surface area (Å²) in [5.41, 5.74) is 11.4. The average molecular weight is 266 g/mol. The molecule has 2 heteroatoms. The molecule has 20 heavy (non-hydrogen) atoms. The second-order valence-corrected chi connectivity index (χ2v) is 5.79. The fourth-order valence-corrected chi connectivity index (χ4v) is 2.93. The molecule has 1 aliphatic heterocycles. The smallest absolute Gasteiger partial charge is 0.0432 e. The van der Waals surface area contributed by atoms with Gasteiger partial charge < -0.3 is 10.6 Å². The fraction of sp³-hybridized carbons (Fsp3) is 0.333. The summed E-state index contributed by atoms with van der Waals surface area (Å²) in [7, 11) is 0. The Morgan fingerprint density at radius 2 is 1.75 bits per heavy atom.